The van der Waals surface area contributed by atoms with E-state index in [4.69, 9.17) is 34.8 Å². The predicted molar refractivity (Wildman–Crippen MR) is 86.6 cm³/mol. The number of anilines is 1. The van der Waals surface area contributed by atoms with E-state index in [0.717, 1.165) is 5.56 Å². The third kappa shape index (κ3) is 3.59. The molecule has 0 saturated heterocycles. The van der Waals surface area contributed by atoms with Crippen LogP contribution in [0, 0.1) is 17.0 Å². The number of hydrogen-bond donors (Lipinski definition) is 1. The first kappa shape index (κ1) is 15.9. The largest absolute Gasteiger partial charge is 0.381 e. The van der Waals surface area contributed by atoms with Crippen molar-refractivity contribution in [1.82, 2.24) is 0 Å². The molecule has 2 aromatic rings. The summed E-state index contributed by atoms with van der Waals surface area (Å²) in [5, 5.41) is 15.2. The highest BCUT2D eigenvalue weighted by Crippen LogP contribution is 2.31. The smallest absolute Gasteiger partial charge is 0.288 e. The summed E-state index contributed by atoms with van der Waals surface area (Å²) in [7, 11) is 0. The average Bonchev–Trinajstić information content (AvgIpc) is 2.41. The number of nitro benzene ring substituents is 1. The van der Waals surface area contributed by atoms with E-state index in [-0.39, 0.29) is 10.7 Å². The maximum absolute atomic E-state index is 10.8. The van der Waals surface area contributed by atoms with Crippen LogP contribution in [0.4, 0.5) is 11.4 Å². The van der Waals surface area contributed by atoms with Gasteiger partial charge in [0.1, 0.15) is 5.02 Å². The maximum Gasteiger partial charge on any atom is 0.288 e. The number of rotatable bonds is 4. The minimum atomic E-state index is -0.510. The molecule has 0 spiro atoms. The second kappa shape index (κ2) is 6.52. The fourth-order valence-corrected chi connectivity index (χ4v) is 2.65. The van der Waals surface area contributed by atoms with Crippen molar-refractivity contribution in [2.75, 3.05) is 5.32 Å². The van der Waals surface area contributed by atoms with Gasteiger partial charge in [0.15, 0.2) is 0 Å². The van der Waals surface area contributed by atoms with E-state index in [2.05, 4.69) is 5.32 Å². The first-order valence-electron chi connectivity index (χ1n) is 6.01. The normalized spacial score (nSPS) is 10.5. The van der Waals surface area contributed by atoms with Crippen molar-refractivity contribution in [3.63, 3.8) is 0 Å². The van der Waals surface area contributed by atoms with Crippen LogP contribution in [0.3, 0.4) is 0 Å². The average molecular weight is 346 g/mol. The molecule has 7 heteroatoms. The molecule has 0 fully saturated rings. The Morgan fingerprint density at radius 3 is 2.33 bits per heavy atom. The summed E-state index contributed by atoms with van der Waals surface area (Å²) in [6.45, 7) is 2.16. The molecule has 0 amide bonds. The van der Waals surface area contributed by atoms with Gasteiger partial charge in [0.25, 0.3) is 5.69 Å². The van der Waals surface area contributed by atoms with E-state index in [9.17, 15) is 10.1 Å². The van der Waals surface area contributed by atoms with E-state index in [1.54, 1.807) is 25.1 Å². The summed E-state index contributed by atoms with van der Waals surface area (Å²) in [4.78, 5) is 10.3. The molecular weight excluding hydrogens is 335 g/mol. The molecule has 0 aromatic heterocycles. The molecule has 0 bridgehead atoms. The van der Waals surface area contributed by atoms with E-state index in [1.165, 1.54) is 12.1 Å². The molecule has 110 valence electrons. The molecule has 0 unspecified atom stereocenters. The number of aryl methyl sites for hydroxylation is 1. The second-order valence-corrected chi connectivity index (χ2v) is 5.65. The van der Waals surface area contributed by atoms with Gasteiger partial charge in [0.2, 0.25) is 0 Å². The van der Waals surface area contributed by atoms with Gasteiger partial charge in [0.05, 0.1) is 4.92 Å². The van der Waals surface area contributed by atoms with Crippen LogP contribution in [-0.4, -0.2) is 4.92 Å². The number of nitro groups is 1. The Hall–Kier alpha value is -1.49. The zero-order valence-electron chi connectivity index (χ0n) is 11.0. The van der Waals surface area contributed by atoms with E-state index in [0.29, 0.717) is 27.8 Å². The highest BCUT2D eigenvalue weighted by atomic mass is 35.5. The van der Waals surface area contributed by atoms with Gasteiger partial charge >= 0.3 is 0 Å². The molecule has 0 radical (unpaired) electrons. The van der Waals surface area contributed by atoms with Gasteiger partial charge in [-0.05, 0) is 30.7 Å². The number of halogens is 3. The van der Waals surface area contributed by atoms with Gasteiger partial charge in [-0.25, -0.2) is 0 Å². The maximum atomic E-state index is 10.8. The Kier molecular flexibility index (Phi) is 4.93. The van der Waals surface area contributed by atoms with E-state index < -0.39 is 4.92 Å². The number of hydrogen-bond acceptors (Lipinski definition) is 3. The molecule has 0 atom stereocenters. The van der Waals surface area contributed by atoms with E-state index >= 15 is 0 Å². The predicted octanol–water partition coefficient (Wildman–Crippen LogP) is 5.48. The number of nitrogens with zero attached hydrogens (tertiary/aromatic N) is 1. The third-order valence-electron chi connectivity index (χ3n) is 3.01. The molecule has 2 aromatic carbocycles. The lowest BCUT2D eigenvalue weighted by Gasteiger charge is -2.12. The Morgan fingerprint density at radius 2 is 1.76 bits per heavy atom. The van der Waals surface area contributed by atoms with Crippen LogP contribution in [0.15, 0.2) is 30.3 Å². The quantitative estimate of drug-likeness (QED) is 0.590. The van der Waals surface area contributed by atoms with Crippen molar-refractivity contribution < 1.29 is 4.92 Å². The molecule has 4 nitrogen and oxygen atoms in total. The Bertz CT molecular complexity index is 685. The van der Waals surface area contributed by atoms with Crippen LogP contribution < -0.4 is 5.32 Å². The zero-order valence-corrected chi connectivity index (χ0v) is 13.3. The zero-order chi connectivity index (χ0) is 15.6. The van der Waals surface area contributed by atoms with Gasteiger partial charge < -0.3 is 5.32 Å². The highest BCUT2D eigenvalue weighted by molar-refractivity contribution is 6.36. The third-order valence-corrected chi connectivity index (χ3v) is 4.02. The lowest BCUT2D eigenvalue weighted by molar-refractivity contribution is -0.384. The fourth-order valence-electron chi connectivity index (χ4n) is 1.88. The topological polar surface area (TPSA) is 55.2 Å². The standard InChI is InChI=1S/C14H11Cl3N2O2/c1-8-5-14(19(20)21)12(17)6-13(8)18-7-9-10(15)3-2-4-11(9)16/h2-6,18H,7H2,1H3. The molecule has 21 heavy (non-hydrogen) atoms. The Labute approximate surface area is 136 Å². The summed E-state index contributed by atoms with van der Waals surface area (Å²) < 4.78 is 0. The lowest BCUT2D eigenvalue weighted by Crippen LogP contribution is -2.03. The minimum Gasteiger partial charge on any atom is -0.381 e. The molecule has 0 aliphatic rings. The fraction of sp³-hybridized carbons (Fsp3) is 0.143. The first-order chi connectivity index (χ1) is 9.90. The van der Waals surface area contributed by atoms with Gasteiger partial charge in [-0.1, -0.05) is 40.9 Å². The van der Waals surface area contributed by atoms with Crippen LogP contribution in [0.5, 0.6) is 0 Å². The van der Waals surface area contributed by atoms with Gasteiger partial charge in [-0.15, -0.1) is 0 Å². The summed E-state index contributed by atoms with van der Waals surface area (Å²) >= 11 is 18.1. The van der Waals surface area contributed by atoms with Crippen LogP contribution in [0.2, 0.25) is 15.1 Å². The first-order valence-corrected chi connectivity index (χ1v) is 7.15. The van der Waals surface area contributed by atoms with Gasteiger partial charge in [-0.2, -0.15) is 0 Å². The molecule has 1 N–H and O–H groups in total. The monoisotopic (exact) mass is 344 g/mol. The summed E-state index contributed by atoms with van der Waals surface area (Å²) in [6.07, 6.45) is 0. The number of benzene rings is 2. The van der Waals surface area contributed by atoms with E-state index in [1.807, 2.05) is 0 Å². The van der Waals surface area contributed by atoms with Gasteiger partial charge in [-0.3, -0.25) is 10.1 Å². The van der Waals surface area contributed by atoms with Crippen LogP contribution >= 0.6 is 34.8 Å². The van der Waals surface area contributed by atoms with Crippen LogP contribution in [-0.2, 0) is 6.54 Å². The molecule has 0 saturated carbocycles. The Balaban J connectivity index is 2.25. The highest BCUT2D eigenvalue weighted by Gasteiger charge is 2.15. The summed E-state index contributed by atoms with van der Waals surface area (Å²) in [6, 6.07) is 8.22. The van der Waals surface area contributed by atoms with Crippen molar-refractivity contribution in [3.05, 3.63) is 66.6 Å². The molecule has 0 heterocycles. The van der Waals surface area contributed by atoms with Crippen molar-refractivity contribution >= 4 is 46.2 Å². The summed E-state index contributed by atoms with van der Waals surface area (Å²) in [5.74, 6) is 0. The lowest BCUT2D eigenvalue weighted by atomic mass is 10.1. The second-order valence-electron chi connectivity index (χ2n) is 4.43. The van der Waals surface area contributed by atoms with Crippen LogP contribution in [0.1, 0.15) is 11.1 Å². The van der Waals surface area contributed by atoms with Crippen molar-refractivity contribution in [2.45, 2.75) is 13.5 Å². The molecule has 2 rings (SSSR count). The molecule has 0 aliphatic heterocycles. The SMILES string of the molecule is Cc1cc([N+](=O)[O-])c(Cl)cc1NCc1c(Cl)cccc1Cl. The van der Waals surface area contributed by atoms with Crippen LogP contribution in [0.25, 0.3) is 0 Å². The van der Waals surface area contributed by atoms with Gasteiger partial charge in [0, 0.05) is 33.9 Å². The van der Waals surface area contributed by atoms with Crippen molar-refractivity contribution in [1.29, 1.82) is 0 Å². The van der Waals surface area contributed by atoms with Crippen molar-refractivity contribution in [2.24, 2.45) is 0 Å². The molecular formula is C14H11Cl3N2O2. The molecule has 0 aliphatic carbocycles. The number of nitrogens with one attached hydrogen (secondary N) is 1. The summed E-state index contributed by atoms with van der Waals surface area (Å²) in [5.41, 5.74) is 2.06. The van der Waals surface area contributed by atoms with Crippen molar-refractivity contribution in [3.8, 4) is 0 Å². The Morgan fingerprint density at radius 1 is 1.14 bits per heavy atom. The minimum absolute atomic E-state index is 0.0818.